The van der Waals surface area contributed by atoms with Gasteiger partial charge in [-0.25, -0.2) is 0 Å². The largest absolute Gasteiger partial charge is 0.489 e. The topological polar surface area (TPSA) is 63.2 Å². The third-order valence-corrected chi connectivity index (χ3v) is 3.90. The molecule has 0 aliphatic carbocycles. The fourth-order valence-electron chi connectivity index (χ4n) is 2.63. The second-order valence-corrected chi connectivity index (χ2v) is 5.71. The molecule has 1 aliphatic heterocycles. The highest BCUT2D eigenvalue weighted by atomic mass is 16.5. The average Bonchev–Trinajstić information content (AvgIpc) is 2.62. The van der Waals surface area contributed by atoms with Crippen molar-refractivity contribution in [3.63, 3.8) is 0 Å². The Morgan fingerprint density at radius 3 is 3.09 bits per heavy atom. The van der Waals surface area contributed by atoms with Crippen LogP contribution in [0.2, 0.25) is 0 Å². The number of rotatable bonds is 5. The van der Waals surface area contributed by atoms with Gasteiger partial charge < -0.3 is 15.4 Å². The number of carbonyl (C=O) groups excluding carboxylic acids is 1. The molecular formula is C18H21N3O2. The lowest BCUT2D eigenvalue weighted by Gasteiger charge is -2.22. The molecule has 1 aliphatic rings. The van der Waals surface area contributed by atoms with E-state index in [1.165, 1.54) is 0 Å². The van der Waals surface area contributed by atoms with Crippen LogP contribution in [0.4, 0.5) is 5.69 Å². The highest BCUT2D eigenvalue weighted by Gasteiger charge is 2.20. The van der Waals surface area contributed by atoms with Gasteiger partial charge in [0.1, 0.15) is 12.4 Å². The van der Waals surface area contributed by atoms with E-state index in [-0.39, 0.29) is 11.8 Å². The summed E-state index contributed by atoms with van der Waals surface area (Å²) in [6.07, 6.45) is 5.50. The lowest BCUT2D eigenvalue weighted by Crippen LogP contribution is -2.37. The summed E-state index contributed by atoms with van der Waals surface area (Å²) in [6, 6.07) is 11.3. The van der Waals surface area contributed by atoms with E-state index in [4.69, 9.17) is 4.74 Å². The normalized spacial score (nSPS) is 17.5. The highest BCUT2D eigenvalue weighted by Crippen LogP contribution is 2.20. The predicted molar refractivity (Wildman–Crippen MR) is 89.2 cm³/mol. The first-order chi connectivity index (χ1) is 11.3. The van der Waals surface area contributed by atoms with Crippen LogP contribution in [0.15, 0.2) is 48.8 Å². The third-order valence-electron chi connectivity index (χ3n) is 3.90. The van der Waals surface area contributed by atoms with E-state index in [1.807, 2.05) is 36.4 Å². The van der Waals surface area contributed by atoms with Gasteiger partial charge in [0.15, 0.2) is 0 Å². The number of hydrogen-bond acceptors (Lipinski definition) is 4. The molecule has 1 saturated heterocycles. The lowest BCUT2D eigenvalue weighted by molar-refractivity contribution is -0.120. The number of nitrogens with one attached hydrogen (secondary N) is 2. The SMILES string of the molecule is O=C(Nc1cccc(OCc2cccnc2)c1)C1CCCNC1. The number of aromatic nitrogens is 1. The first-order valence-electron chi connectivity index (χ1n) is 7.94. The van der Waals surface area contributed by atoms with E-state index < -0.39 is 0 Å². The zero-order valence-corrected chi connectivity index (χ0v) is 13.0. The summed E-state index contributed by atoms with van der Waals surface area (Å²) in [5, 5.41) is 6.24. The maximum absolute atomic E-state index is 12.3. The Morgan fingerprint density at radius 1 is 1.35 bits per heavy atom. The molecule has 5 heteroatoms. The Morgan fingerprint density at radius 2 is 2.30 bits per heavy atom. The molecule has 0 bridgehead atoms. The van der Waals surface area contributed by atoms with Crippen molar-refractivity contribution in [1.29, 1.82) is 0 Å². The Bertz CT molecular complexity index is 640. The molecule has 120 valence electrons. The monoisotopic (exact) mass is 311 g/mol. The Hall–Kier alpha value is -2.40. The van der Waals surface area contributed by atoms with Crippen molar-refractivity contribution < 1.29 is 9.53 Å². The van der Waals surface area contributed by atoms with E-state index in [0.717, 1.165) is 42.9 Å². The van der Waals surface area contributed by atoms with Crippen LogP contribution in [-0.4, -0.2) is 24.0 Å². The molecule has 1 atom stereocenters. The fraction of sp³-hybridized carbons (Fsp3) is 0.333. The number of amides is 1. The van der Waals surface area contributed by atoms with Crippen LogP contribution in [0.5, 0.6) is 5.75 Å². The lowest BCUT2D eigenvalue weighted by atomic mass is 9.99. The van der Waals surface area contributed by atoms with Gasteiger partial charge in [-0.1, -0.05) is 12.1 Å². The minimum atomic E-state index is 0.0451. The van der Waals surface area contributed by atoms with Crippen molar-refractivity contribution in [2.45, 2.75) is 19.4 Å². The van der Waals surface area contributed by atoms with Crippen molar-refractivity contribution in [3.8, 4) is 5.75 Å². The summed E-state index contributed by atoms with van der Waals surface area (Å²) in [7, 11) is 0. The molecule has 0 saturated carbocycles. The Kier molecular flexibility index (Phi) is 5.21. The number of anilines is 1. The molecule has 2 N–H and O–H groups in total. The fourth-order valence-corrected chi connectivity index (χ4v) is 2.63. The van der Waals surface area contributed by atoms with Crippen molar-refractivity contribution in [1.82, 2.24) is 10.3 Å². The van der Waals surface area contributed by atoms with E-state index >= 15 is 0 Å². The molecule has 23 heavy (non-hydrogen) atoms. The maximum atomic E-state index is 12.3. The van der Waals surface area contributed by atoms with Crippen molar-refractivity contribution in [2.24, 2.45) is 5.92 Å². The summed E-state index contributed by atoms with van der Waals surface area (Å²) in [5.74, 6) is 0.846. The van der Waals surface area contributed by atoms with Crippen molar-refractivity contribution >= 4 is 11.6 Å². The van der Waals surface area contributed by atoms with E-state index in [0.29, 0.717) is 6.61 Å². The van der Waals surface area contributed by atoms with Crippen molar-refractivity contribution in [2.75, 3.05) is 18.4 Å². The minimum Gasteiger partial charge on any atom is -0.489 e. The molecule has 2 heterocycles. The predicted octanol–water partition coefficient (Wildman–Crippen LogP) is 2.60. The molecule has 1 unspecified atom stereocenters. The molecule has 0 radical (unpaired) electrons. The van der Waals surface area contributed by atoms with Crippen molar-refractivity contribution in [3.05, 3.63) is 54.4 Å². The van der Waals surface area contributed by atoms with Crippen LogP contribution in [0, 0.1) is 5.92 Å². The Labute approximate surface area is 136 Å². The summed E-state index contributed by atoms with van der Waals surface area (Å²) in [4.78, 5) is 16.3. The van der Waals surface area contributed by atoms with Crippen LogP contribution in [0.1, 0.15) is 18.4 Å². The summed E-state index contributed by atoms with van der Waals surface area (Å²) >= 11 is 0. The van der Waals surface area contributed by atoms with Gasteiger partial charge in [0.25, 0.3) is 0 Å². The van der Waals surface area contributed by atoms with Gasteiger partial charge in [-0.15, -0.1) is 0 Å². The molecule has 1 aromatic carbocycles. The molecular weight excluding hydrogens is 290 g/mol. The molecule has 2 aromatic rings. The quantitative estimate of drug-likeness (QED) is 0.891. The second-order valence-electron chi connectivity index (χ2n) is 5.71. The van der Waals surface area contributed by atoms with Gasteiger partial charge in [-0.3, -0.25) is 9.78 Å². The zero-order chi connectivity index (χ0) is 15.9. The molecule has 3 rings (SSSR count). The molecule has 5 nitrogen and oxygen atoms in total. The molecule has 1 amide bonds. The summed E-state index contributed by atoms with van der Waals surface area (Å²) in [5.41, 5.74) is 1.78. The van der Waals surface area contributed by atoms with E-state index in [1.54, 1.807) is 12.4 Å². The third kappa shape index (κ3) is 4.53. The molecule has 1 fully saturated rings. The summed E-state index contributed by atoms with van der Waals surface area (Å²) in [6.45, 7) is 2.21. The van der Waals surface area contributed by atoms with Gasteiger partial charge in [0.2, 0.25) is 5.91 Å². The van der Waals surface area contributed by atoms with Crippen LogP contribution in [0.3, 0.4) is 0 Å². The van der Waals surface area contributed by atoms with E-state index in [2.05, 4.69) is 15.6 Å². The standard InChI is InChI=1S/C18H21N3O2/c22-18(15-5-3-9-20-12-15)21-16-6-1-7-17(10-16)23-13-14-4-2-8-19-11-14/h1-2,4,6-8,10-11,15,20H,3,5,9,12-13H2,(H,21,22). The number of ether oxygens (including phenoxy) is 1. The van der Waals surface area contributed by atoms with Gasteiger partial charge in [0.05, 0.1) is 5.92 Å². The average molecular weight is 311 g/mol. The molecule has 0 spiro atoms. The smallest absolute Gasteiger partial charge is 0.228 e. The first-order valence-corrected chi connectivity index (χ1v) is 7.94. The minimum absolute atomic E-state index is 0.0451. The number of hydrogen-bond donors (Lipinski definition) is 2. The van der Waals surface area contributed by atoms with Crippen LogP contribution >= 0.6 is 0 Å². The van der Waals surface area contributed by atoms with E-state index in [9.17, 15) is 4.79 Å². The highest BCUT2D eigenvalue weighted by molar-refractivity contribution is 5.92. The van der Waals surface area contributed by atoms with Crippen LogP contribution < -0.4 is 15.4 Å². The number of benzene rings is 1. The number of piperidine rings is 1. The van der Waals surface area contributed by atoms with Gasteiger partial charge in [-0.2, -0.15) is 0 Å². The Balaban J connectivity index is 1.57. The molecule has 1 aromatic heterocycles. The maximum Gasteiger partial charge on any atom is 0.228 e. The van der Waals surface area contributed by atoms with Crippen LogP contribution in [-0.2, 0) is 11.4 Å². The number of pyridine rings is 1. The van der Waals surface area contributed by atoms with Gasteiger partial charge in [0, 0.05) is 36.3 Å². The summed E-state index contributed by atoms with van der Waals surface area (Å²) < 4.78 is 5.76. The van der Waals surface area contributed by atoms with Gasteiger partial charge in [-0.05, 0) is 37.6 Å². The number of nitrogens with zero attached hydrogens (tertiary/aromatic N) is 1. The number of carbonyl (C=O) groups is 1. The van der Waals surface area contributed by atoms with Crippen LogP contribution in [0.25, 0.3) is 0 Å². The van der Waals surface area contributed by atoms with Gasteiger partial charge >= 0.3 is 0 Å². The zero-order valence-electron chi connectivity index (χ0n) is 13.0. The second kappa shape index (κ2) is 7.74. The first kappa shape index (κ1) is 15.5.